The highest BCUT2D eigenvalue weighted by molar-refractivity contribution is 7.89. The summed E-state index contributed by atoms with van der Waals surface area (Å²) in [6.45, 7) is 2.69. The molecule has 2 aliphatic carbocycles. The molecule has 2 unspecified atom stereocenters. The minimum Gasteiger partial charge on any atom is -0.492 e. The lowest BCUT2D eigenvalue weighted by molar-refractivity contribution is 0.268. The number of sulfonamides is 1. The van der Waals surface area contributed by atoms with Gasteiger partial charge in [-0.1, -0.05) is 43.3 Å². The topological polar surface area (TPSA) is 72.6 Å². The average Bonchev–Trinajstić information content (AvgIpc) is 3.59. The van der Waals surface area contributed by atoms with Crippen molar-refractivity contribution < 1.29 is 13.2 Å². The summed E-state index contributed by atoms with van der Waals surface area (Å²) in [4.78, 5) is 0. The second kappa shape index (κ2) is 11.0. The highest BCUT2D eigenvalue weighted by Crippen LogP contribution is 2.36. The maximum Gasteiger partial charge on any atom is 0.214 e. The molecule has 5 nitrogen and oxygen atoms in total. The number of halogens is 1. The van der Waals surface area contributed by atoms with E-state index < -0.39 is 10.0 Å². The molecule has 4 rings (SSSR count). The molecular weight excluding hydrogens is 444 g/mol. The Hall–Kier alpha value is -1.60. The van der Waals surface area contributed by atoms with Gasteiger partial charge in [-0.05, 0) is 67.3 Å². The van der Waals surface area contributed by atoms with Crippen LogP contribution in [0.15, 0.2) is 48.5 Å². The van der Waals surface area contributed by atoms with E-state index in [1.54, 1.807) is 4.31 Å². The van der Waals surface area contributed by atoms with Gasteiger partial charge in [0, 0.05) is 24.5 Å². The fourth-order valence-corrected chi connectivity index (χ4v) is 6.43. The predicted molar refractivity (Wildman–Crippen MR) is 132 cm³/mol. The number of nitrogens with two attached hydrogens (primary N) is 1. The van der Waals surface area contributed by atoms with Crippen LogP contribution in [0.2, 0.25) is 0 Å². The van der Waals surface area contributed by atoms with Crippen LogP contribution in [-0.4, -0.2) is 43.7 Å². The maximum absolute atomic E-state index is 12.6. The summed E-state index contributed by atoms with van der Waals surface area (Å²) < 4.78 is 32.8. The molecule has 2 N–H and O–H groups in total. The number of hydrogen-bond acceptors (Lipinski definition) is 4. The van der Waals surface area contributed by atoms with E-state index in [1.807, 2.05) is 19.1 Å². The SMILES string of the molecule is CCCS(=O)(=O)N(CCOc1ccc2c(c1)C(Cc1ccccc1)C(N)CC2)C1CC1.Cl. The first-order valence-corrected chi connectivity index (χ1v) is 13.1. The first-order chi connectivity index (χ1) is 15.0. The van der Waals surface area contributed by atoms with Crippen LogP contribution in [0, 0.1) is 0 Å². The molecular formula is C25H35ClN2O3S. The van der Waals surface area contributed by atoms with Crippen molar-refractivity contribution in [3.05, 3.63) is 65.2 Å². The highest BCUT2D eigenvalue weighted by atomic mass is 35.5. The summed E-state index contributed by atoms with van der Waals surface area (Å²) in [5.41, 5.74) is 10.5. The normalized spacial score (nSPS) is 20.5. The lowest BCUT2D eigenvalue weighted by Gasteiger charge is -2.32. The molecule has 0 aliphatic heterocycles. The third kappa shape index (κ3) is 6.04. The van der Waals surface area contributed by atoms with E-state index in [-0.39, 0.29) is 36.2 Å². The van der Waals surface area contributed by atoms with Crippen molar-refractivity contribution in [1.82, 2.24) is 4.31 Å². The summed E-state index contributed by atoms with van der Waals surface area (Å²) in [6.07, 6.45) is 5.47. The molecule has 0 heterocycles. The third-order valence-corrected chi connectivity index (χ3v) is 8.55. The molecule has 1 saturated carbocycles. The van der Waals surface area contributed by atoms with Crippen LogP contribution in [-0.2, 0) is 22.9 Å². The lowest BCUT2D eigenvalue weighted by atomic mass is 9.76. The molecule has 176 valence electrons. The standard InChI is InChI=1S/C25H34N2O3S.ClH/c1-2-16-31(28,29)27(21-10-11-21)14-15-30-22-12-8-20-9-13-25(26)24(23(20)18-22)17-19-6-4-3-5-7-19;/h3-8,12,18,21,24-25H,2,9-11,13-17,26H2,1H3;1H. The Bertz CT molecular complexity index is 980. The second-order valence-electron chi connectivity index (χ2n) is 8.87. The Morgan fingerprint density at radius 2 is 1.84 bits per heavy atom. The summed E-state index contributed by atoms with van der Waals surface area (Å²) in [6, 6.07) is 17.1. The van der Waals surface area contributed by atoms with Gasteiger partial charge in [-0.15, -0.1) is 12.4 Å². The van der Waals surface area contributed by atoms with Gasteiger partial charge >= 0.3 is 0 Å². The first kappa shape index (κ1) is 25.0. The molecule has 0 radical (unpaired) electrons. The van der Waals surface area contributed by atoms with Gasteiger partial charge in [-0.3, -0.25) is 0 Å². The van der Waals surface area contributed by atoms with Gasteiger partial charge in [-0.2, -0.15) is 4.31 Å². The summed E-state index contributed by atoms with van der Waals surface area (Å²) in [5.74, 6) is 1.28. The van der Waals surface area contributed by atoms with Crippen molar-refractivity contribution >= 4 is 22.4 Å². The van der Waals surface area contributed by atoms with Crippen molar-refractivity contribution in [1.29, 1.82) is 0 Å². The first-order valence-electron chi connectivity index (χ1n) is 11.5. The molecule has 2 atom stereocenters. The van der Waals surface area contributed by atoms with Gasteiger partial charge in [0.25, 0.3) is 0 Å². The number of aryl methyl sites for hydroxylation is 1. The number of ether oxygens (including phenoxy) is 1. The van der Waals surface area contributed by atoms with Crippen LogP contribution in [0.4, 0.5) is 0 Å². The largest absolute Gasteiger partial charge is 0.492 e. The maximum atomic E-state index is 12.6. The van der Waals surface area contributed by atoms with E-state index in [2.05, 4.69) is 36.4 Å². The smallest absolute Gasteiger partial charge is 0.214 e. The lowest BCUT2D eigenvalue weighted by Crippen LogP contribution is -2.38. The Morgan fingerprint density at radius 3 is 2.53 bits per heavy atom. The van der Waals surface area contributed by atoms with Crippen LogP contribution < -0.4 is 10.5 Å². The quantitative estimate of drug-likeness (QED) is 0.552. The Balaban J connectivity index is 0.00000289. The van der Waals surface area contributed by atoms with E-state index in [4.69, 9.17) is 10.5 Å². The number of fused-ring (bicyclic) bond motifs is 1. The molecule has 0 amide bonds. The van der Waals surface area contributed by atoms with Gasteiger partial charge in [0.05, 0.1) is 5.75 Å². The van der Waals surface area contributed by atoms with Gasteiger partial charge in [0.2, 0.25) is 10.0 Å². The number of hydrogen-bond donors (Lipinski definition) is 1. The monoisotopic (exact) mass is 478 g/mol. The number of rotatable bonds is 10. The van der Waals surface area contributed by atoms with E-state index in [0.717, 1.165) is 37.9 Å². The molecule has 2 aromatic carbocycles. The number of benzene rings is 2. The molecule has 2 aliphatic rings. The zero-order chi connectivity index (χ0) is 21.8. The van der Waals surface area contributed by atoms with Crippen LogP contribution >= 0.6 is 12.4 Å². The minimum atomic E-state index is -3.19. The zero-order valence-electron chi connectivity index (χ0n) is 18.8. The van der Waals surface area contributed by atoms with Crippen molar-refractivity contribution in [3.8, 4) is 5.75 Å². The minimum absolute atomic E-state index is 0. The highest BCUT2D eigenvalue weighted by Gasteiger charge is 2.36. The molecule has 32 heavy (non-hydrogen) atoms. The predicted octanol–water partition coefficient (Wildman–Crippen LogP) is 4.29. The molecule has 0 saturated heterocycles. The average molecular weight is 479 g/mol. The Labute approximate surface area is 198 Å². The van der Waals surface area contributed by atoms with Crippen LogP contribution in [0.3, 0.4) is 0 Å². The second-order valence-corrected chi connectivity index (χ2v) is 10.9. The number of nitrogens with zero attached hydrogens (tertiary/aromatic N) is 1. The van der Waals surface area contributed by atoms with E-state index >= 15 is 0 Å². The molecule has 7 heteroatoms. The van der Waals surface area contributed by atoms with Crippen LogP contribution in [0.25, 0.3) is 0 Å². The molecule has 0 aromatic heterocycles. The van der Waals surface area contributed by atoms with Crippen molar-refractivity contribution in [3.63, 3.8) is 0 Å². The molecule has 1 fully saturated rings. The van der Waals surface area contributed by atoms with E-state index in [0.29, 0.717) is 19.6 Å². The van der Waals surface area contributed by atoms with Crippen LogP contribution in [0.5, 0.6) is 5.75 Å². The third-order valence-electron chi connectivity index (χ3n) is 6.43. The summed E-state index contributed by atoms with van der Waals surface area (Å²) in [7, 11) is -3.19. The van der Waals surface area contributed by atoms with Gasteiger partial charge in [0.1, 0.15) is 12.4 Å². The Kier molecular flexibility index (Phi) is 8.62. The fourth-order valence-electron chi connectivity index (χ4n) is 4.66. The van der Waals surface area contributed by atoms with Crippen molar-refractivity contribution in [2.24, 2.45) is 5.73 Å². The van der Waals surface area contributed by atoms with E-state index in [9.17, 15) is 8.42 Å². The Morgan fingerprint density at radius 1 is 1.09 bits per heavy atom. The molecule has 2 aromatic rings. The van der Waals surface area contributed by atoms with Gasteiger partial charge < -0.3 is 10.5 Å². The van der Waals surface area contributed by atoms with E-state index in [1.165, 1.54) is 16.7 Å². The van der Waals surface area contributed by atoms with Crippen LogP contribution in [0.1, 0.15) is 55.2 Å². The van der Waals surface area contributed by atoms with Gasteiger partial charge in [-0.25, -0.2) is 8.42 Å². The van der Waals surface area contributed by atoms with Gasteiger partial charge in [0.15, 0.2) is 0 Å². The van der Waals surface area contributed by atoms with Crippen molar-refractivity contribution in [2.75, 3.05) is 18.9 Å². The summed E-state index contributed by atoms with van der Waals surface area (Å²) in [5, 5.41) is 0. The van der Waals surface area contributed by atoms with Crippen molar-refractivity contribution in [2.45, 2.75) is 63.5 Å². The zero-order valence-corrected chi connectivity index (χ0v) is 20.4. The fraction of sp³-hybridized carbons (Fsp3) is 0.520. The molecule has 0 spiro atoms. The molecule has 0 bridgehead atoms. The summed E-state index contributed by atoms with van der Waals surface area (Å²) >= 11 is 0.